The lowest BCUT2D eigenvalue weighted by Gasteiger charge is -2.11. The van der Waals surface area contributed by atoms with Gasteiger partial charge in [0.1, 0.15) is 23.0 Å². The van der Waals surface area contributed by atoms with Crippen molar-refractivity contribution in [2.45, 2.75) is 0 Å². The molecule has 0 saturated carbocycles. The van der Waals surface area contributed by atoms with Gasteiger partial charge >= 0.3 is 11.9 Å². The van der Waals surface area contributed by atoms with Gasteiger partial charge in [0.15, 0.2) is 0 Å². The van der Waals surface area contributed by atoms with E-state index in [0.29, 0.717) is 11.1 Å². The highest BCUT2D eigenvalue weighted by Crippen LogP contribution is 2.24. The SMILES string of the molecule is O=C(Oc1ccc(O)cc1)c1cc(C#Cc2ccccc2)c(C(=O)Oc2ccc(O)cc2)cc1C#Cc1ccccc1. The van der Waals surface area contributed by atoms with Gasteiger partial charge in [-0.05, 0) is 84.9 Å². The van der Waals surface area contributed by atoms with E-state index in [1.54, 1.807) is 0 Å². The number of phenols is 2. The van der Waals surface area contributed by atoms with E-state index in [4.69, 9.17) is 9.47 Å². The Balaban J connectivity index is 1.63. The van der Waals surface area contributed by atoms with Gasteiger partial charge in [0.25, 0.3) is 0 Å². The molecule has 6 nitrogen and oxygen atoms in total. The second-order valence-corrected chi connectivity index (χ2v) is 8.94. The van der Waals surface area contributed by atoms with Crippen molar-refractivity contribution in [1.29, 1.82) is 0 Å². The van der Waals surface area contributed by atoms with Gasteiger partial charge in [0, 0.05) is 22.3 Å². The number of esters is 2. The molecule has 2 N–H and O–H groups in total. The van der Waals surface area contributed by atoms with Crippen LogP contribution in [0.1, 0.15) is 43.0 Å². The van der Waals surface area contributed by atoms with Gasteiger partial charge in [0.05, 0.1) is 11.1 Å². The molecule has 0 fully saturated rings. The topological polar surface area (TPSA) is 93.1 Å². The lowest BCUT2D eigenvalue weighted by molar-refractivity contribution is 0.0720. The Hall–Kier alpha value is -6.24. The van der Waals surface area contributed by atoms with Crippen LogP contribution in [-0.4, -0.2) is 22.2 Å². The summed E-state index contributed by atoms with van der Waals surface area (Å²) in [5.74, 6) is 11.1. The molecule has 5 aromatic rings. The lowest BCUT2D eigenvalue weighted by atomic mass is 9.97. The molecule has 5 rings (SSSR count). The summed E-state index contributed by atoms with van der Waals surface area (Å²) in [6.07, 6.45) is 0. The number of phenolic OH excluding ortho intramolecular Hbond substituents is 2. The molecule has 0 amide bonds. The van der Waals surface area contributed by atoms with Gasteiger partial charge in [-0.2, -0.15) is 0 Å². The van der Waals surface area contributed by atoms with Crippen LogP contribution in [-0.2, 0) is 0 Å². The fraction of sp³-hybridized carbons (Fsp3) is 0. The van der Waals surface area contributed by atoms with Crippen molar-refractivity contribution in [3.05, 3.63) is 155 Å². The number of rotatable bonds is 4. The van der Waals surface area contributed by atoms with Crippen LogP contribution in [0.15, 0.2) is 121 Å². The highest BCUT2D eigenvalue weighted by Gasteiger charge is 2.21. The van der Waals surface area contributed by atoms with Crippen LogP contribution in [0.2, 0.25) is 0 Å². The Morgan fingerprint density at radius 1 is 0.476 bits per heavy atom. The molecule has 0 spiro atoms. The summed E-state index contributed by atoms with van der Waals surface area (Å²) in [7, 11) is 0. The zero-order chi connectivity index (χ0) is 29.3. The van der Waals surface area contributed by atoms with Crippen molar-refractivity contribution in [2.24, 2.45) is 0 Å². The normalized spacial score (nSPS) is 9.90. The third kappa shape index (κ3) is 7.04. The van der Waals surface area contributed by atoms with Gasteiger partial charge in [-0.3, -0.25) is 0 Å². The Kier molecular flexibility index (Phi) is 8.29. The smallest absolute Gasteiger partial charge is 0.344 e. The average molecular weight is 551 g/mol. The predicted molar refractivity (Wildman–Crippen MR) is 157 cm³/mol. The lowest BCUT2D eigenvalue weighted by Crippen LogP contribution is -2.15. The van der Waals surface area contributed by atoms with Crippen LogP contribution in [0.4, 0.5) is 0 Å². The first kappa shape index (κ1) is 27.3. The fourth-order valence-corrected chi connectivity index (χ4v) is 3.82. The Morgan fingerprint density at radius 2 is 0.833 bits per heavy atom. The summed E-state index contributed by atoms with van der Waals surface area (Å²) in [6.45, 7) is 0. The molecular formula is C36H22O6. The predicted octanol–water partition coefficient (Wildman–Crippen LogP) is 6.34. The minimum absolute atomic E-state index is 0.0270. The van der Waals surface area contributed by atoms with Crippen LogP contribution >= 0.6 is 0 Å². The molecule has 0 radical (unpaired) electrons. The number of hydrogen-bond acceptors (Lipinski definition) is 6. The highest BCUT2D eigenvalue weighted by molar-refractivity contribution is 5.99. The van der Waals surface area contributed by atoms with Crippen molar-refractivity contribution >= 4 is 11.9 Å². The van der Waals surface area contributed by atoms with E-state index in [9.17, 15) is 19.8 Å². The molecule has 0 aromatic heterocycles. The molecular weight excluding hydrogens is 528 g/mol. The molecule has 0 aliphatic carbocycles. The number of ether oxygens (including phenoxy) is 2. The molecule has 6 heteroatoms. The maximum atomic E-state index is 13.4. The van der Waals surface area contributed by atoms with Crippen LogP contribution in [0.25, 0.3) is 0 Å². The van der Waals surface area contributed by atoms with Crippen LogP contribution in [0.5, 0.6) is 23.0 Å². The standard InChI is InChI=1S/C36H22O6/c37-29-15-19-31(20-16-29)41-35(39)33-24-28(14-12-26-9-5-2-6-10-26)34(36(40)42-32-21-17-30(38)18-22-32)23-27(33)13-11-25-7-3-1-4-8-25/h1-10,15-24,37-38H. The van der Waals surface area contributed by atoms with E-state index in [-0.39, 0.29) is 45.3 Å². The minimum atomic E-state index is -0.723. The van der Waals surface area contributed by atoms with E-state index in [1.165, 1.54) is 60.7 Å². The molecule has 202 valence electrons. The van der Waals surface area contributed by atoms with E-state index in [2.05, 4.69) is 23.7 Å². The first-order valence-corrected chi connectivity index (χ1v) is 12.8. The Morgan fingerprint density at radius 3 is 1.19 bits per heavy atom. The Bertz CT molecular complexity index is 1710. The number of aromatic hydroxyl groups is 2. The van der Waals surface area contributed by atoms with Crippen molar-refractivity contribution in [3.63, 3.8) is 0 Å². The second-order valence-electron chi connectivity index (χ2n) is 8.94. The summed E-state index contributed by atoms with van der Waals surface area (Å²) >= 11 is 0. The zero-order valence-electron chi connectivity index (χ0n) is 22.1. The van der Waals surface area contributed by atoms with Crippen molar-refractivity contribution in [3.8, 4) is 46.7 Å². The molecule has 0 heterocycles. The molecule has 0 atom stereocenters. The average Bonchev–Trinajstić information content (AvgIpc) is 3.02. The van der Waals surface area contributed by atoms with Gasteiger partial charge in [-0.15, -0.1) is 0 Å². The summed E-state index contributed by atoms with van der Waals surface area (Å²) in [5, 5.41) is 19.2. The van der Waals surface area contributed by atoms with E-state index in [0.717, 1.165) is 0 Å². The first-order valence-electron chi connectivity index (χ1n) is 12.8. The quantitative estimate of drug-likeness (QED) is 0.154. The highest BCUT2D eigenvalue weighted by atomic mass is 16.5. The second kappa shape index (κ2) is 12.7. The van der Waals surface area contributed by atoms with Crippen LogP contribution in [0.3, 0.4) is 0 Å². The minimum Gasteiger partial charge on any atom is -0.508 e. The molecule has 0 aliphatic heterocycles. The monoisotopic (exact) mass is 550 g/mol. The van der Waals surface area contributed by atoms with Crippen molar-refractivity contribution in [1.82, 2.24) is 0 Å². The summed E-state index contributed by atoms with van der Waals surface area (Å²) < 4.78 is 11.1. The van der Waals surface area contributed by atoms with Crippen molar-refractivity contribution in [2.75, 3.05) is 0 Å². The van der Waals surface area contributed by atoms with E-state index in [1.807, 2.05) is 60.7 Å². The molecule has 42 heavy (non-hydrogen) atoms. The summed E-state index contributed by atoms with van der Waals surface area (Å²) in [6, 6.07) is 32.7. The number of carbonyl (C=O) groups is 2. The number of benzene rings is 5. The van der Waals surface area contributed by atoms with E-state index < -0.39 is 11.9 Å². The summed E-state index contributed by atoms with van der Waals surface area (Å²) in [4.78, 5) is 26.8. The molecule has 0 bridgehead atoms. The number of hydrogen-bond donors (Lipinski definition) is 2. The largest absolute Gasteiger partial charge is 0.508 e. The Labute approximate surface area is 242 Å². The van der Waals surface area contributed by atoms with Crippen LogP contribution < -0.4 is 9.47 Å². The maximum absolute atomic E-state index is 13.4. The third-order valence-corrected chi connectivity index (χ3v) is 5.92. The molecule has 0 saturated heterocycles. The van der Waals surface area contributed by atoms with Gasteiger partial charge < -0.3 is 19.7 Å². The molecule has 0 unspecified atom stereocenters. The fourth-order valence-electron chi connectivity index (χ4n) is 3.82. The third-order valence-electron chi connectivity index (χ3n) is 5.92. The van der Waals surface area contributed by atoms with E-state index >= 15 is 0 Å². The molecule has 0 aliphatic rings. The number of carbonyl (C=O) groups excluding carboxylic acids is 2. The van der Waals surface area contributed by atoms with Gasteiger partial charge in [-0.25, -0.2) is 9.59 Å². The van der Waals surface area contributed by atoms with Gasteiger partial charge in [0.2, 0.25) is 0 Å². The molecule has 5 aromatic carbocycles. The van der Waals surface area contributed by atoms with Crippen LogP contribution in [0, 0.1) is 23.7 Å². The zero-order valence-corrected chi connectivity index (χ0v) is 22.1. The maximum Gasteiger partial charge on any atom is 0.344 e. The van der Waals surface area contributed by atoms with Crippen molar-refractivity contribution < 1.29 is 29.3 Å². The summed E-state index contributed by atoms with van der Waals surface area (Å²) in [5.41, 5.74) is 2.04. The van der Waals surface area contributed by atoms with Gasteiger partial charge in [-0.1, -0.05) is 60.1 Å². The first-order chi connectivity index (χ1) is 20.4.